The van der Waals surface area contributed by atoms with Gasteiger partial charge in [-0.2, -0.15) is 0 Å². The first-order valence-corrected chi connectivity index (χ1v) is 11.0. The molecule has 1 aromatic rings. The molecule has 2 aliphatic heterocycles. The number of benzene rings is 1. The SMILES string of the molecule is CN1CC(SCC2CNCO2)NC(c2ccc(S(C)(=O)=O)cc2)C1. The highest BCUT2D eigenvalue weighted by Gasteiger charge is 2.27. The minimum Gasteiger partial charge on any atom is -0.361 e. The van der Waals surface area contributed by atoms with Gasteiger partial charge in [0.15, 0.2) is 9.84 Å². The number of ether oxygens (including phenoxy) is 1. The molecule has 0 radical (unpaired) electrons. The van der Waals surface area contributed by atoms with E-state index in [-0.39, 0.29) is 12.1 Å². The molecule has 0 spiro atoms. The monoisotopic (exact) mass is 371 g/mol. The molecule has 3 unspecified atom stereocenters. The Hall–Kier alpha value is -0.640. The van der Waals surface area contributed by atoms with Crippen molar-refractivity contribution in [3.63, 3.8) is 0 Å². The maximum atomic E-state index is 11.6. The van der Waals surface area contributed by atoms with Crippen molar-refractivity contribution in [3.05, 3.63) is 29.8 Å². The third kappa shape index (κ3) is 4.71. The molecule has 2 fully saturated rings. The summed E-state index contributed by atoms with van der Waals surface area (Å²) in [5.41, 5.74) is 1.12. The number of sulfone groups is 1. The quantitative estimate of drug-likeness (QED) is 0.788. The summed E-state index contributed by atoms with van der Waals surface area (Å²) >= 11 is 1.89. The average Bonchev–Trinajstić information content (AvgIpc) is 3.05. The summed E-state index contributed by atoms with van der Waals surface area (Å²) in [5, 5.41) is 7.22. The van der Waals surface area contributed by atoms with Crippen molar-refractivity contribution < 1.29 is 13.2 Å². The number of hydrogen-bond donors (Lipinski definition) is 2. The van der Waals surface area contributed by atoms with Gasteiger partial charge in [-0.25, -0.2) is 8.42 Å². The first kappa shape index (κ1) is 18.2. The van der Waals surface area contributed by atoms with E-state index in [0.717, 1.165) is 31.0 Å². The van der Waals surface area contributed by atoms with Crippen LogP contribution in [0.1, 0.15) is 11.6 Å². The Labute approximate surface area is 148 Å². The molecule has 0 aromatic heterocycles. The van der Waals surface area contributed by atoms with Crippen molar-refractivity contribution in [2.24, 2.45) is 0 Å². The lowest BCUT2D eigenvalue weighted by atomic mass is 10.1. The smallest absolute Gasteiger partial charge is 0.175 e. The minimum atomic E-state index is -3.14. The van der Waals surface area contributed by atoms with E-state index in [1.165, 1.54) is 6.26 Å². The lowest BCUT2D eigenvalue weighted by Crippen LogP contribution is -2.49. The fourth-order valence-corrected chi connectivity index (χ4v) is 4.95. The van der Waals surface area contributed by atoms with E-state index < -0.39 is 9.84 Å². The molecule has 6 nitrogen and oxygen atoms in total. The largest absolute Gasteiger partial charge is 0.361 e. The second-order valence-electron chi connectivity index (χ2n) is 6.49. The van der Waals surface area contributed by atoms with Crippen LogP contribution >= 0.6 is 11.8 Å². The standard InChI is InChI=1S/C16H25N3O3S2/c1-19-8-15(12-3-5-14(6-4-12)24(2,20)21)18-16(9-19)23-10-13-7-17-11-22-13/h3-6,13,15-18H,7-11H2,1-2H3. The highest BCUT2D eigenvalue weighted by molar-refractivity contribution is 7.99. The third-order valence-corrected chi connectivity index (χ3v) is 6.73. The molecule has 134 valence electrons. The van der Waals surface area contributed by atoms with Crippen molar-refractivity contribution in [1.29, 1.82) is 0 Å². The highest BCUT2D eigenvalue weighted by Crippen LogP contribution is 2.25. The molecule has 2 saturated heterocycles. The minimum absolute atomic E-state index is 0.206. The molecule has 3 rings (SSSR count). The maximum Gasteiger partial charge on any atom is 0.175 e. The first-order chi connectivity index (χ1) is 11.4. The van der Waals surface area contributed by atoms with E-state index in [9.17, 15) is 8.42 Å². The van der Waals surface area contributed by atoms with E-state index >= 15 is 0 Å². The van der Waals surface area contributed by atoms with E-state index in [1.54, 1.807) is 12.1 Å². The normalized spacial score (nSPS) is 29.0. The maximum absolute atomic E-state index is 11.6. The van der Waals surface area contributed by atoms with Crippen molar-refractivity contribution >= 4 is 21.6 Å². The molecular formula is C16H25N3O3S2. The van der Waals surface area contributed by atoms with Crippen LogP contribution in [0.15, 0.2) is 29.2 Å². The molecule has 2 heterocycles. The predicted octanol–water partition coefficient (Wildman–Crippen LogP) is 0.671. The predicted molar refractivity (Wildman–Crippen MR) is 96.9 cm³/mol. The van der Waals surface area contributed by atoms with Gasteiger partial charge in [-0.3, -0.25) is 10.6 Å². The van der Waals surface area contributed by atoms with Gasteiger partial charge in [0.2, 0.25) is 0 Å². The lowest BCUT2D eigenvalue weighted by Gasteiger charge is -2.37. The number of rotatable bonds is 5. The Morgan fingerprint density at radius 1 is 1.29 bits per heavy atom. The summed E-state index contributed by atoms with van der Waals surface area (Å²) in [7, 11) is -1.02. The van der Waals surface area contributed by atoms with Gasteiger partial charge in [-0.15, -0.1) is 11.8 Å². The second-order valence-corrected chi connectivity index (χ2v) is 9.74. The van der Waals surface area contributed by atoms with Crippen LogP contribution in [0.5, 0.6) is 0 Å². The van der Waals surface area contributed by atoms with E-state index in [2.05, 4.69) is 22.6 Å². The van der Waals surface area contributed by atoms with Gasteiger partial charge in [0.1, 0.15) is 0 Å². The molecule has 8 heteroatoms. The number of likely N-dealkylation sites (N-methyl/N-ethyl adjacent to an activating group) is 1. The Morgan fingerprint density at radius 2 is 2.04 bits per heavy atom. The molecule has 0 amide bonds. The van der Waals surface area contributed by atoms with Gasteiger partial charge in [-0.05, 0) is 24.7 Å². The number of hydrogen-bond acceptors (Lipinski definition) is 7. The third-order valence-electron chi connectivity index (χ3n) is 4.35. The summed E-state index contributed by atoms with van der Waals surface area (Å²) < 4.78 is 28.8. The Balaban J connectivity index is 1.62. The van der Waals surface area contributed by atoms with Gasteiger partial charge in [0.25, 0.3) is 0 Å². The number of piperazine rings is 1. The number of nitrogens with zero attached hydrogens (tertiary/aromatic N) is 1. The summed E-state index contributed by atoms with van der Waals surface area (Å²) in [4.78, 5) is 2.68. The van der Waals surface area contributed by atoms with Gasteiger partial charge >= 0.3 is 0 Å². The Kier molecular flexibility index (Phi) is 5.84. The Bertz CT molecular complexity index is 645. The first-order valence-electron chi connectivity index (χ1n) is 8.10. The van der Waals surface area contributed by atoms with Crippen LogP contribution < -0.4 is 10.6 Å². The van der Waals surface area contributed by atoms with Crippen molar-refractivity contribution in [2.75, 3.05) is 45.4 Å². The summed E-state index contributed by atoms with van der Waals surface area (Å²) in [6.45, 7) is 3.48. The van der Waals surface area contributed by atoms with Crippen molar-refractivity contribution in [2.45, 2.75) is 22.4 Å². The molecule has 0 saturated carbocycles. The van der Waals surface area contributed by atoms with Gasteiger partial charge in [0, 0.05) is 37.7 Å². The zero-order valence-corrected chi connectivity index (χ0v) is 15.7. The van der Waals surface area contributed by atoms with E-state index in [1.807, 2.05) is 23.9 Å². The van der Waals surface area contributed by atoms with Crippen molar-refractivity contribution in [3.8, 4) is 0 Å². The average molecular weight is 372 g/mol. The zero-order valence-electron chi connectivity index (χ0n) is 14.1. The van der Waals surface area contributed by atoms with Crippen LogP contribution in [0.25, 0.3) is 0 Å². The topological polar surface area (TPSA) is 70.7 Å². The van der Waals surface area contributed by atoms with Crippen molar-refractivity contribution in [1.82, 2.24) is 15.5 Å². The number of thioether (sulfide) groups is 1. The van der Waals surface area contributed by atoms with Gasteiger partial charge in [-0.1, -0.05) is 12.1 Å². The highest BCUT2D eigenvalue weighted by atomic mass is 32.2. The van der Waals surface area contributed by atoms with Crippen LogP contribution in [0.3, 0.4) is 0 Å². The fourth-order valence-electron chi connectivity index (χ4n) is 3.04. The van der Waals surface area contributed by atoms with E-state index in [0.29, 0.717) is 17.0 Å². The molecule has 1 aromatic carbocycles. The second kappa shape index (κ2) is 7.72. The van der Waals surface area contributed by atoms with Crippen LogP contribution in [-0.2, 0) is 14.6 Å². The number of nitrogens with one attached hydrogen (secondary N) is 2. The molecule has 0 bridgehead atoms. The Morgan fingerprint density at radius 3 is 2.67 bits per heavy atom. The fraction of sp³-hybridized carbons (Fsp3) is 0.625. The van der Waals surface area contributed by atoms with Gasteiger partial charge < -0.3 is 9.64 Å². The summed E-state index contributed by atoms with van der Waals surface area (Å²) in [5.74, 6) is 0.970. The van der Waals surface area contributed by atoms with Crippen LogP contribution in [0, 0.1) is 0 Å². The summed E-state index contributed by atoms with van der Waals surface area (Å²) in [6, 6.07) is 7.43. The summed E-state index contributed by atoms with van der Waals surface area (Å²) in [6.07, 6.45) is 1.53. The van der Waals surface area contributed by atoms with E-state index in [4.69, 9.17) is 4.74 Å². The van der Waals surface area contributed by atoms with Crippen LogP contribution in [0.4, 0.5) is 0 Å². The molecule has 2 aliphatic rings. The molecule has 3 atom stereocenters. The lowest BCUT2D eigenvalue weighted by molar-refractivity contribution is 0.130. The van der Waals surface area contributed by atoms with Gasteiger partial charge in [0.05, 0.1) is 23.1 Å². The molecule has 0 aliphatic carbocycles. The molecular weight excluding hydrogens is 346 g/mol. The van der Waals surface area contributed by atoms with Crippen LogP contribution in [0.2, 0.25) is 0 Å². The molecule has 2 N–H and O–H groups in total. The zero-order chi connectivity index (χ0) is 17.2. The van der Waals surface area contributed by atoms with Crippen LogP contribution in [-0.4, -0.2) is 70.2 Å². The molecule has 24 heavy (non-hydrogen) atoms.